The molecule has 20 heavy (non-hydrogen) atoms. The minimum Gasteiger partial charge on any atom is -0.456 e. The van der Waals surface area contributed by atoms with E-state index >= 15 is 0 Å². The fraction of sp³-hybridized carbons (Fsp3) is 0.143. The second-order valence-corrected chi connectivity index (χ2v) is 5.43. The third kappa shape index (κ3) is 3.26. The first-order chi connectivity index (χ1) is 9.51. The number of rotatable bonds is 4. The average Bonchev–Trinajstić information content (AvgIpc) is 2.89. The number of hydrogen-bond donors (Lipinski definition) is 2. The summed E-state index contributed by atoms with van der Waals surface area (Å²) in [6.45, 7) is 1.96. The van der Waals surface area contributed by atoms with Crippen molar-refractivity contribution in [1.29, 1.82) is 0 Å². The van der Waals surface area contributed by atoms with E-state index in [2.05, 4.69) is 21.2 Å². The zero-order valence-corrected chi connectivity index (χ0v) is 13.2. The van der Waals surface area contributed by atoms with Gasteiger partial charge in [-0.15, -0.1) is 0 Å². The van der Waals surface area contributed by atoms with Crippen molar-refractivity contribution in [3.8, 4) is 0 Å². The highest BCUT2D eigenvalue weighted by molar-refractivity contribution is 9.10. The van der Waals surface area contributed by atoms with E-state index in [1.165, 1.54) is 0 Å². The van der Waals surface area contributed by atoms with Crippen molar-refractivity contribution in [2.75, 3.05) is 5.32 Å². The van der Waals surface area contributed by atoms with Crippen LogP contribution in [0.1, 0.15) is 28.8 Å². The standard InChI is InChI=1S/C14H13BrN2O2S/c1-2-9-4-6-12(19-9)14(18)17-11-5-3-8(13(16)20)7-10(11)15/h3-7H,2H2,1H3,(H2,16,20)(H,17,18). The maximum absolute atomic E-state index is 12.0. The second kappa shape index (κ2) is 6.19. The molecule has 0 unspecified atom stereocenters. The summed E-state index contributed by atoms with van der Waals surface area (Å²) in [7, 11) is 0. The number of anilines is 1. The Morgan fingerprint density at radius 1 is 1.40 bits per heavy atom. The molecule has 1 amide bonds. The lowest BCUT2D eigenvalue weighted by molar-refractivity contribution is 0.0995. The van der Waals surface area contributed by atoms with E-state index in [-0.39, 0.29) is 11.7 Å². The zero-order chi connectivity index (χ0) is 14.7. The predicted octanol–water partition coefficient (Wildman–Crippen LogP) is 3.49. The van der Waals surface area contributed by atoms with Gasteiger partial charge in [0.05, 0.1) is 5.69 Å². The molecule has 1 aromatic heterocycles. The number of carbonyl (C=O) groups excluding carboxylic acids is 1. The molecule has 0 aliphatic rings. The molecule has 0 saturated carbocycles. The zero-order valence-electron chi connectivity index (χ0n) is 10.8. The Hall–Kier alpha value is -1.66. The van der Waals surface area contributed by atoms with Gasteiger partial charge in [-0.1, -0.05) is 19.1 Å². The van der Waals surface area contributed by atoms with E-state index in [9.17, 15) is 4.79 Å². The van der Waals surface area contributed by atoms with Crippen LogP contribution in [-0.2, 0) is 6.42 Å². The molecule has 2 aromatic rings. The van der Waals surface area contributed by atoms with E-state index in [0.29, 0.717) is 15.1 Å². The lowest BCUT2D eigenvalue weighted by atomic mass is 10.2. The first-order valence-electron chi connectivity index (χ1n) is 6.00. The molecule has 3 N–H and O–H groups in total. The molecule has 1 heterocycles. The van der Waals surface area contributed by atoms with Gasteiger partial charge < -0.3 is 15.5 Å². The monoisotopic (exact) mass is 352 g/mol. The maximum atomic E-state index is 12.0. The molecular weight excluding hydrogens is 340 g/mol. The average molecular weight is 353 g/mol. The van der Waals surface area contributed by atoms with E-state index in [0.717, 1.165) is 17.7 Å². The molecule has 4 nitrogen and oxygen atoms in total. The third-order valence-corrected chi connectivity index (χ3v) is 3.63. The first-order valence-corrected chi connectivity index (χ1v) is 7.20. The molecule has 104 valence electrons. The second-order valence-electron chi connectivity index (χ2n) is 4.13. The molecule has 0 radical (unpaired) electrons. The number of amides is 1. The number of benzene rings is 1. The normalized spacial score (nSPS) is 10.3. The van der Waals surface area contributed by atoms with Crippen LogP contribution >= 0.6 is 28.1 Å². The number of furan rings is 1. The predicted molar refractivity (Wildman–Crippen MR) is 86.1 cm³/mol. The highest BCUT2D eigenvalue weighted by atomic mass is 79.9. The van der Waals surface area contributed by atoms with Gasteiger partial charge in [-0.05, 0) is 46.3 Å². The lowest BCUT2D eigenvalue weighted by Crippen LogP contribution is -2.13. The number of carbonyl (C=O) groups is 1. The minimum atomic E-state index is -0.298. The van der Waals surface area contributed by atoms with E-state index in [1.54, 1.807) is 30.3 Å². The summed E-state index contributed by atoms with van der Waals surface area (Å²) in [5.41, 5.74) is 6.91. The molecule has 0 saturated heterocycles. The highest BCUT2D eigenvalue weighted by Crippen LogP contribution is 2.24. The quantitative estimate of drug-likeness (QED) is 0.826. The van der Waals surface area contributed by atoms with Crippen molar-refractivity contribution >= 4 is 44.7 Å². The Morgan fingerprint density at radius 3 is 2.70 bits per heavy atom. The van der Waals surface area contributed by atoms with Crippen LogP contribution < -0.4 is 11.1 Å². The van der Waals surface area contributed by atoms with Crippen LogP contribution in [0, 0.1) is 0 Å². The third-order valence-electron chi connectivity index (χ3n) is 2.74. The maximum Gasteiger partial charge on any atom is 0.291 e. The summed E-state index contributed by atoms with van der Waals surface area (Å²) in [5, 5.41) is 2.77. The summed E-state index contributed by atoms with van der Waals surface area (Å²) in [6, 6.07) is 8.70. The molecule has 1 aromatic carbocycles. The molecule has 0 spiro atoms. The van der Waals surface area contributed by atoms with Gasteiger partial charge in [-0.2, -0.15) is 0 Å². The molecule has 6 heteroatoms. The Morgan fingerprint density at radius 2 is 2.15 bits per heavy atom. The van der Waals surface area contributed by atoms with Crippen molar-refractivity contribution < 1.29 is 9.21 Å². The van der Waals surface area contributed by atoms with E-state index in [4.69, 9.17) is 22.4 Å². The molecule has 0 atom stereocenters. The topological polar surface area (TPSA) is 68.3 Å². The Labute approximate surface area is 130 Å². The SMILES string of the molecule is CCc1ccc(C(=O)Nc2ccc(C(N)=S)cc2Br)o1. The fourth-order valence-electron chi connectivity index (χ4n) is 1.64. The van der Waals surface area contributed by atoms with Crippen LogP contribution in [0.5, 0.6) is 0 Å². The van der Waals surface area contributed by atoms with Crippen LogP contribution in [-0.4, -0.2) is 10.9 Å². The molecule has 0 fully saturated rings. The fourth-order valence-corrected chi connectivity index (χ4v) is 2.25. The molecule has 2 rings (SSSR count). The van der Waals surface area contributed by atoms with Gasteiger partial charge in [-0.25, -0.2) is 0 Å². The van der Waals surface area contributed by atoms with Crippen LogP contribution in [0.4, 0.5) is 5.69 Å². The van der Waals surface area contributed by atoms with Crippen LogP contribution in [0.15, 0.2) is 39.2 Å². The largest absolute Gasteiger partial charge is 0.456 e. The molecular formula is C14H13BrN2O2S. The number of thiocarbonyl (C=S) groups is 1. The molecule has 0 bridgehead atoms. The van der Waals surface area contributed by atoms with Gasteiger partial charge in [-0.3, -0.25) is 4.79 Å². The number of hydrogen-bond acceptors (Lipinski definition) is 3. The molecule has 0 aliphatic carbocycles. The number of nitrogens with two attached hydrogens (primary N) is 1. The van der Waals surface area contributed by atoms with Crippen molar-refractivity contribution in [3.05, 3.63) is 51.9 Å². The lowest BCUT2D eigenvalue weighted by Gasteiger charge is -2.07. The highest BCUT2D eigenvalue weighted by Gasteiger charge is 2.13. The number of aryl methyl sites for hydroxylation is 1. The van der Waals surface area contributed by atoms with Crippen LogP contribution in [0.3, 0.4) is 0 Å². The Balaban J connectivity index is 2.17. The van der Waals surface area contributed by atoms with Crippen LogP contribution in [0.2, 0.25) is 0 Å². The summed E-state index contributed by atoms with van der Waals surface area (Å²) >= 11 is 8.27. The van der Waals surface area contributed by atoms with Crippen molar-refractivity contribution in [2.24, 2.45) is 5.73 Å². The molecule has 0 aliphatic heterocycles. The Kier molecular flexibility index (Phi) is 4.57. The van der Waals surface area contributed by atoms with Crippen LogP contribution in [0.25, 0.3) is 0 Å². The number of halogens is 1. The van der Waals surface area contributed by atoms with E-state index in [1.807, 2.05) is 6.92 Å². The van der Waals surface area contributed by atoms with E-state index < -0.39 is 0 Å². The van der Waals surface area contributed by atoms with Gasteiger partial charge in [0.2, 0.25) is 0 Å². The van der Waals surface area contributed by atoms with Gasteiger partial charge in [0.15, 0.2) is 5.76 Å². The van der Waals surface area contributed by atoms with Crippen molar-refractivity contribution in [2.45, 2.75) is 13.3 Å². The van der Waals surface area contributed by atoms with Gasteiger partial charge >= 0.3 is 0 Å². The van der Waals surface area contributed by atoms with Gasteiger partial charge in [0.25, 0.3) is 5.91 Å². The summed E-state index contributed by atoms with van der Waals surface area (Å²) in [4.78, 5) is 12.3. The summed E-state index contributed by atoms with van der Waals surface area (Å²) in [5.74, 6) is 0.763. The number of nitrogens with one attached hydrogen (secondary N) is 1. The summed E-state index contributed by atoms with van der Waals surface area (Å²) < 4.78 is 6.11. The first kappa shape index (κ1) is 14.7. The minimum absolute atomic E-state index is 0.284. The van der Waals surface area contributed by atoms with Crippen molar-refractivity contribution in [1.82, 2.24) is 0 Å². The summed E-state index contributed by atoms with van der Waals surface area (Å²) in [6.07, 6.45) is 0.750. The Bertz CT molecular complexity index is 667. The van der Waals surface area contributed by atoms with Gasteiger partial charge in [0, 0.05) is 16.5 Å². The van der Waals surface area contributed by atoms with Crippen molar-refractivity contribution in [3.63, 3.8) is 0 Å². The van der Waals surface area contributed by atoms with Gasteiger partial charge in [0.1, 0.15) is 10.7 Å². The smallest absolute Gasteiger partial charge is 0.291 e.